The summed E-state index contributed by atoms with van der Waals surface area (Å²) in [6.45, 7) is 9.66. The summed E-state index contributed by atoms with van der Waals surface area (Å²) in [6.07, 6.45) is 21.9. The molecule has 2 saturated carbocycles. The zero-order valence-electron chi connectivity index (χ0n) is 15.3. The van der Waals surface area contributed by atoms with Crippen LogP contribution >= 0.6 is 0 Å². The van der Waals surface area contributed by atoms with Gasteiger partial charge in [-0.25, -0.2) is 0 Å². The molecule has 0 N–H and O–H groups in total. The summed E-state index contributed by atoms with van der Waals surface area (Å²) < 4.78 is 5.20. The number of rotatable bonds is 3. The van der Waals surface area contributed by atoms with Gasteiger partial charge in [-0.3, -0.25) is 0 Å². The smallest absolute Gasteiger partial charge is 0.554 e. The Morgan fingerprint density at radius 3 is 2.04 bits per heavy atom. The van der Waals surface area contributed by atoms with Crippen LogP contribution in [-0.4, -0.2) is 20.2 Å². The van der Waals surface area contributed by atoms with Crippen LogP contribution in [0.15, 0.2) is 24.8 Å². The number of methoxy groups -OCH3 is 1. The average molecular weight is 423 g/mol. The number of nitrogens with zero attached hydrogens (tertiary/aromatic N) is 1. The Labute approximate surface area is 180 Å². The first-order chi connectivity index (χ1) is 12.3. The van der Waals surface area contributed by atoms with Crippen molar-refractivity contribution in [1.29, 1.82) is 0 Å². The molecule has 1 aromatic rings. The summed E-state index contributed by atoms with van der Waals surface area (Å²) in [5, 5.41) is 0. The second-order valence-corrected chi connectivity index (χ2v) is 5.65. The maximum absolute atomic E-state index is 5.20. The van der Waals surface area contributed by atoms with Crippen LogP contribution in [0.25, 0.3) is 0 Å². The summed E-state index contributed by atoms with van der Waals surface area (Å²) in [6, 6.07) is 7.15. The first-order valence-corrected chi connectivity index (χ1v) is 8.38. The van der Waals surface area contributed by atoms with E-state index in [-0.39, 0.29) is 26.2 Å². The van der Waals surface area contributed by atoms with E-state index in [1.165, 1.54) is 11.3 Å². The minimum absolute atomic E-state index is 0. The van der Waals surface area contributed by atoms with Gasteiger partial charge in [-0.1, -0.05) is 11.8 Å². The van der Waals surface area contributed by atoms with Gasteiger partial charge in [-0.15, -0.1) is 24.6 Å². The number of ether oxygens (including phenoxy) is 1. The van der Waals surface area contributed by atoms with Crippen molar-refractivity contribution in [3.63, 3.8) is 0 Å². The number of hydrogen-bond acceptors (Lipinski definition) is 2. The minimum atomic E-state index is 0. The van der Waals surface area contributed by atoms with Crippen LogP contribution in [0.4, 0.5) is 5.69 Å². The predicted octanol–water partition coefficient (Wildman–Crippen LogP) is 4.46. The summed E-state index contributed by atoms with van der Waals surface area (Å²) in [5.74, 6) is 1.14. The van der Waals surface area contributed by atoms with Crippen molar-refractivity contribution in [3.8, 4) is 5.75 Å². The second-order valence-electron chi connectivity index (χ2n) is 5.65. The third kappa shape index (κ3) is 7.59. The number of hydrogen-bond donors (Lipinski definition) is 0. The molecule has 2 aliphatic carbocycles. The van der Waals surface area contributed by atoms with Crippen molar-refractivity contribution in [2.45, 2.75) is 5.92 Å². The second kappa shape index (κ2) is 13.6. The fraction of sp³-hybridized carbons (Fsp3) is 0.174. The zero-order chi connectivity index (χ0) is 17.9. The fourth-order valence-corrected chi connectivity index (χ4v) is 2.61. The van der Waals surface area contributed by atoms with Crippen molar-refractivity contribution in [2.24, 2.45) is 0 Å². The van der Waals surface area contributed by atoms with Crippen LogP contribution < -0.4 is 9.64 Å². The van der Waals surface area contributed by atoms with Crippen molar-refractivity contribution in [3.05, 3.63) is 108 Å². The van der Waals surface area contributed by atoms with Gasteiger partial charge in [0.25, 0.3) is 0 Å². The Balaban J connectivity index is 0.000000251. The van der Waals surface area contributed by atoms with Gasteiger partial charge >= 0.3 is 26.2 Å². The summed E-state index contributed by atoms with van der Waals surface area (Å²) in [5.41, 5.74) is 2.35. The van der Waals surface area contributed by atoms with Gasteiger partial charge in [-0.2, -0.15) is 11.6 Å². The van der Waals surface area contributed by atoms with E-state index < -0.39 is 0 Å². The van der Waals surface area contributed by atoms with Gasteiger partial charge in [0.1, 0.15) is 0 Å². The Morgan fingerprint density at radius 1 is 1.12 bits per heavy atom. The van der Waals surface area contributed by atoms with E-state index in [2.05, 4.69) is 24.5 Å². The number of benzene rings is 1. The standard InChI is InChI=1S/C13H15NO.2C5H5.Zr/c1-4-7-14-9-10(2)12-6-5-11(15-3)8-13(12)14;2*1-2-4-5-3-1;/h4-5,8,10H,1-2,7,9H2,3H3;2*1-5H;/q-2;;;+2. The summed E-state index contributed by atoms with van der Waals surface area (Å²) in [4.78, 5) is 2.25. The van der Waals surface area contributed by atoms with E-state index >= 15 is 0 Å². The van der Waals surface area contributed by atoms with Crippen LogP contribution in [0, 0.1) is 77.2 Å². The van der Waals surface area contributed by atoms with Crippen LogP contribution in [0.3, 0.4) is 0 Å². The molecule has 0 amide bonds. The van der Waals surface area contributed by atoms with Gasteiger partial charge in [0.05, 0.1) is 7.11 Å². The largest absolute Gasteiger partial charge is 2.00 e. The van der Waals surface area contributed by atoms with Crippen molar-refractivity contribution >= 4 is 5.69 Å². The Bertz CT molecular complexity index is 484. The van der Waals surface area contributed by atoms with E-state index in [4.69, 9.17) is 4.74 Å². The molecule has 4 rings (SSSR count). The van der Waals surface area contributed by atoms with Crippen LogP contribution in [0.5, 0.6) is 5.75 Å². The maximum atomic E-state index is 5.20. The minimum Gasteiger partial charge on any atom is -0.554 e. The molecule has 26 heavy (non-hydrogen) atoms. The SMILES string of the molecule is C=CCN1CC([CH2-])c2[c-]cc(OC)cc21.[CH]1[CH][CH][CH][CH]1.[CH]1[CH][CH][CH][CH]1.[Zr+2]. The van der Waals surface area contributed by atoms with Crippen molar-refractivity contribution < 1.29 is 30.9 Å². The normalized spacial score (nSPS) is 20.1. The van der Waals surface area contributed by atoms with Crippen molar-refractivity contribution in [2.75, 3.05) is 25.1 Å². The molecule has 132 valence electrons. The molecule has 3 heteroatoms. The molecule has 0 bridgehead atoms. The Hall–Kier alpha value is -0.557. The van der Waals surface area contributed by atoms with Crippen molar-refractivity contribution in [1.82, 2.24) is 0 Å². The molecule has 1 atom stereocenters. The third-order valence-electron chi connectivity index (χ3n) is 3.81. The van der Waals surface area contributed by atoms with Crippen LogP contribution in [0.1, 0.15) is 11.5 Å². The molecule has 0 spiro atoms. The van der Waals surface area contributed by atoms with Gasteiger partial charge in [0.2, 0.25) is 0 Å². The summed E-state index contributed by atoms with van der Waals surface area (Å²) in [7, 11) is 1.67. The van der Waals surface area contributed by atoms with E-state index in [0.717, 1.165) is 18.8 Å². The van der Waals surface area contributed by atoms with Crippen LogP contribution in [0.2, 0.25) is 0 Å². The molecular formula is C23H25NOZr. The quantitative estimate of drug-likeness (QED) is 0.527. The first kappa shape index (κ1) is 23.5. The van der Waals surface area contributed by atoms with E-state index in [9.17, 15) is 0 Å². The Kier molecular flexibility index (Phi) is 12.3. The monoisotopic (exact) mass is 421 g/mol. The molecule has 2 fully saturated rings. The molecule has 1 aliphatic heterocycles. The zero-order valence-corrected chi connectivity index (χ0v) is 17.7. The molecule has 0 aromatic heterocycles. The molecule has 2 nitrogen and oxygen atoms in total. The van der Waals surface area contributed by atoms with Crippen LogP contribution in [-0.2, 0) is 26.2 Å². The Morgan fingerprint density at radius 2 is 1.62 bits per heavy atom. The van der Waals surface area contributed by atoms with Gasteiger partial charge in [0, 0.05) is 12.3 Å². The average Bonchev–Trinajstić information content (AvgIpc) is 3.41. The van der Waals surface area contributed by atoms with Gasteiger partial charge in [0.15, 0.2) is 0 Å². The molecule has 1 unspecified atom stereocenters. The van der Waals surface area contributed by atoms with E-state index in [0.29, 0.717) is 5.92 Å². The molecule has 3 aliphatic rings. The molecular weight excluding hydrogens is 397 g/mol. The van der Waals surface area contributed by atoms with E-state index in [1.807, 2.05) is 82.4 Å². The maximum Gasteiger partial charge on any atom is 2.00 e. The van der Waals surface area contributed by atoms with E-state index in [1.54, 1.807) is 7.11 Å². The number of fused-ring (bicyclic) bond motifs is 1. The van der Waals surface area contributed by atoms with Gasteiger partial charge in [-0.05, 0) is 70.8 Å². The topological polar surface area (TPSA) is 12.5 Å². The molecule has 0 saturated heterocycles. The summed E-state index contributed by atoms with van der Waals surface area (Å²) >= 11 is 0. The molecule has 1 aromatic carbocycles. The third-order valence-corrected chi connectivity index (χ3v) is 3.81. The molecule has 10 radical (unpaired) electrons. The van der Waals surface area contributed by atoms with Gasteiger partial charge < -0.3 is 16.6 Å². The first-order valence-electron chi connectivity index (χ1n) is 8.38. The fourth-order valence-electron chi connectivity index (χ4n) is 2.61. The molecule has 1 heterocycles. The number of anilines is 1. The predicted molar refractivity (Wildman–Crippen MR) is 105 cm³/mol.